The minimum atomic E-state index is 0.0893. The Kier molecular flexibility index (Phi) is 3.14. The lowest BCUT2D eigenvalue weighted by Gasteiger charge is -2.36. The molecule has 86 valence electrons. The molecule has 2 unspecified atom stereocenters. The molecule has 0 aromatic heterocycles. The van der Waals surface area contributed by atoms with Crippen molar-refractivity contribution in [1.29, 1.82) is 0 Å². The number of hydrogen-bond acceptors (Lipinski definition) is 2. The van der Waals surface area contributed by atoms with Crippen molar-refractivity contribution in [3.8, 4) is 0 Å². The molecule has 2 aliphatic rings. The lowest BCUT2D eigenvalue weighted by molar-refractivity contribution is 0.00714. The summed E-state index contributed by atoms with van der Waals surface area (Å²) in [6, 6.07) is 0.532. The second-order valence-electron chi connectivity index (χ2n) is 4.71. The number of likely N-dealkylation sites (tertiary alicyclic amines) is 1. The molecule has 1 aliphatic heterocycles. The predicted octanol–water partition coefficient (Wildman–Crippen LogP) is 1.22. The summed E-state index contributed by atoms with van der Waals surface area (Å²) in [5.41, 5.74) is 0. The van der Waals surface area contributed by atoms with Gasteiger partial charge in [0.1, 0.15) is 0 Å². The summed E-state index contributed by atoms with van der Waals surface area (Å²) in [6.45, 7) is 3.78. The first-order chi connectivity index (χ1) is 7.20. The number of nitrogens with one attached hydrogen (secondary N) is 1. The van der Waals surface area contributed by atoms with Crippen LogP contribution in [0.2, 0.25) is 0 Å². The van der Waals surface area contributed by atoms with Gasteiger partial charge in [-0.25, -0.2) is 4.79 Å². The van der Waals surface area contributed by atoms with Gasteiger partial charge in [0.25, 0.3) is 0 Å². The van der Waals surface area contributed by atoms with E-state index in [1.165, 1.54) is 0 Å². The highest BCUT2D eigenvalue weighted by molar-refractivity contribution is 5.75. The van der Waals surface area contributed by atoms with Crippen LogP contribution < -0.4 is 5.32 Å². The number of carbonyl (C=O) groups is 1. The van der Waals surface area contributed by atoms with E-state index >= 15 is 0 Å². The molecule has 1 saturated heterocycles. The smallest absolute Gasteiger partial charge is 0.317 e. The molecule has 0 spiro atoms. The number of nitrogens with zero attached hydrogens (tertiary/aromatic N) is 1. The third-order valence-corrected chi connectivity index (χ3v) is 3.38. The Bertz CT molecular complexity index is 241. The first-order valence-corrected chi connectivity index (χ1v) is 5.79. The van der Waals surface area contributed by atoms with Crippen LogP contribution in [0.25, 0.3) is 0 Å². The summed E-state index contributed by atoms with van der Waals surface area (Å²) < 4.78 is 5.38. The van der Waals surface area contributed by atoms with Gasteiger partial charge in [-0.1, -0.05) is 6.92 Å². The van der Waals surface area contributed by atoms with E-state index in [1.807, 2.05) is 4.90 Å². The fraction of sp³-hybridized carbons (Fsp3) is 0.909. The second kappa shape index (κ2) is 4.39. The van der Waals surface area contributed by atoms with E-state index in [0.29, 0.717) is 12.0 Å². The Morgan fingerprint density at radius 2 is 2.13 bits per heavy atom. The van der Waals surface area contributed by atoms with Crippen LogP contribution in [0, 0.1) is 5.92 Å². The number of carbonyl (C=O) groups excluding carboxylic acids is 1. The largest absolute Gasteiger partial charge is 0.379 e. The number of rotatable bonds is 2. The molecule has 1 heterocycles. The van der Waals surface area contributed by atoms with Crippen molar-refractivity contribution in [1.82, 2.24) is 10.2 Å². The monoisotopic (exact) mass is 212 g/mol. The van der Waals surface area contributed by atoms with Crippen molar-refractivity contribution in [2.24, 2.45) is 5.92 Å². The summed E-state index contributed by atoms with van der Waals surface area (Å²) in [5, 5.41) is 3.01. The fourth-order valence-corrected chi connectivity index (χ4v) is 2.02. The van der Waals surface area contributed by atoms with Gasteiger partial charge in [-0.3, -0.25) is 0 Å². The summed E-state index contributed by atoms with van der Waals surface area (Å²) in [4.78, 5) is 13.7. The topological polar surface area (TPSA) is 41.6 Å². The zero-order valence-electron chi connectivity index (χ0n) is 9.53. The van der Waals surface area contributed by atoms with Crippen molar-refractivity contribution >= 4 is 6.03 Å². The minimum absolute atomic E-state index is 0.0893. The zero-order chi connectivity index (χ0) is 10.8. The van der Waals surface area contributed by atoms with Crippen LogP contribution in [-0.2, 0) is 4.74 Å². The molecular formula is C11H20N2O2. The zero-order valence-corrected chi connectivity index (χ0v) is 9.53. The van der Waals surface area contributed by atoms with Crippen LogP contribution in [0.5, 0.6) is 0 Å². The number of amides is 2. The van der Waals surface area contributed by atoms with Gasteiger partial charge in [0.05, 0.1) is 6.10 Å². The number of methoxy groups -OCH3 is 1. The molecule has 1 aliphatic carbocycles. The van der Waals surface area contributed by atoms with Gasteiger partial charge in [0, 0.05) is 26.2 Å². The lowest BCUT2D eigenvalue weighted by atomic mass is 9.96. The SMILES string of the molecule is COC1CN(C(=O)NC2CC2)CCC1C. The molecule has 0 aromatic carbocycles. The third kappa shape index (κ3) is 2.62. The van der Waals surface area contributed by atoms with Gasteiger partial charge in [-0.2, -0.15) is 0 Å². The van der Waals surface area contributed by atoms with E-state index < -0.39 is 0 Å². The van der Waals surface area contributed by atoms with E-state index in [9.17, 15) is 4.79 Å². The Labute approximate surface area is 91.0 Å². The van der Waals surface area contributed by atoms with Crippen LogP contribution in [0.4, 0.5) is 4.79 Å². The molecule has 15 heavy (non-hydrogen) atoms. The highest BCUT2D eigenvalue weighted by atomic mass is 16.5. The maximum absolute atomic E-state index is 11.8. The van der Waals surface area contributed by atoms with Crippen molar-refractivity contribution in [3.63, 3.8) is 0 Å². The van der Waals surface area contributed by atoms with Crippen molar-refractivity contribution in [2.45, 2.75) is 38.3 Å². The number of piperidine rings is 1. The molecule has 0 aromatic rings. The molecule has 1 N–H and O–H groups in total. The molecule has 2 fully saturated rings. The summed E-state index contributed by atoms with van der Waals surface area (Å²) in [6.07, 6.45) is 3.52. The van der Waals surface area contributed by atoms with Gasteiger partial charge in [-0.05, 0) is 25.2 Å². The van der Waals surface area contributed by atoms with E-state index in [4.69, 9.17) is 4.74 Å². The summed E-state index contributed by atoms with van der Waals surface area (Å²) in [5.74, 6) is 0.556. The normalized spacial score (nSPS) is 31.5. The first kappa shape index (κ1) is 10.7. The maximum Gasteiger partial charge on any atom is 0.317 e. The van der Waals surface area contributed by atoms with Gasteiger partial charge in [0.2, 0.25) is 0 Å². The van der Waals surface area contributed by atoms with Crippen molar-refractivity contribution < 1.29 is 9.53 Å². The average molecular weight is 212 g/mol. The van der Waals surface area contributed by atoms with Crippen LogP contribution in [-0.4, -0.2) is 43.3 Å². The fourth-order valence-electron chi connectivity index (χ4n) is 2.02. The molecule has 4 heteroatoms. The molecule has 2 rings (SSSR count). The molecule has 4 nitrogen and oxygen atoms in total. The summed E-state index contributed by atoms with van der Waals surface area (Å²) >= 11 is 0. The summed E-state index contributed by atoms with van der Waals surface area (Å²) in [7, 11) is 1.73. The van der Waals surface area contributed by atoms with Gasteiger partial charge < -0.3 is 15.0 Å². The van der Waals surface area contributed by atoms with Gasteiger partial charge >= 0.3 is 6.03 Å². The molecule has 0 bridgehead atoms. The second-order valence-corrected chi connectivity index (χ2v) is 4.71. The van der Waals surface area contributed by atoms with Gasteiger partial charge in [-0.15, -0.1) is 0 Å². The Balaban J connectivity index is 1.84. The van der Waals surface area contributed by atoms with Crippen LogP contribution in [0.3, 0.4) is 0 Å². The van der Waals surface area contributed by atoms with E-state index in [0.717, 1.165) is 32.4 Å². The van der Waals surface area contributed by atoms with Gasteiger partial charge in [0.15, 0.2) is 0 Å². The Morgan fingerprint density at radius 1 is 1.40 bits per heavy atom. The predicted molar refractivity (Wildman–Crippen MR) is 57.7 cm³/mol. The van der Waals surface area contributed by atoms with Crippen LogP contribution in [0.1, 0.15) is 26.2 Å². The van der Waals surface area contributed by atoms with Crippen LogP contribution >= 0.6 is 0 Å². The molecule has 0 radical (unpaired) electrons. The van der Waals surface area contributed by atoms with E-state index in [-0.39, 0.29) is 12.1 Å². The van der Waals surface area contributed by atoms with Crippen molar-refractivity contribution in [2.75, 3.05) is 20.2 Å². The standard InChI is InChI=1S/C11H20N2O2/c1-8-5-6-13(7-10(8)15-2)11(14)12-9-3-4-9/h8-10H,3-7H2,1-2H3,(H,12,14). The van der Waals surface area contributed by atoms with Crippen LogP contribution in [0.15, 0.2) is 0 Å². The highest BCUT2D eigenvalue weighted by Crippen LogP contribution is 2.22. The van der Waals surface area contributed by atoms with E-state index in [2.05, 4.69) is 12.2 Å². The molecule has 2 amide bonds. The number of urea groups is 1. The molecule has 2 atom stereocenters. The Morgan fingerprint density at radius 3 is 2.73 bits per heavy atom. The van der Waals surface area contributed by atoms with Crippen molar-refractivity contribution in [3.05, 3.63) is 0 Å². The number of hydrogen-bond donors (Lipinski definition) is 1. The first-order valence-electron chi connectivity index (χ1n) is 5.79. The third-order valence-electron chi connectivity index (χ3n) is 3.38. The maximum atomic E-state index is 11.8. The molecule has 1 saturated carbocycles. The number of ether oxygens (including phenoxy) is 1. The quantitative estimate of drug-likeness (QED) is 0.747. The lowest BCUT2D eigenvalue weighted by Crippen LogP contribution is -2.50. The minimum Gasteiger partial charge on any atom is -0.379 e. The average Bonchev–Trinajstić information content (AvgIpc) is 3.02. The highest BCUT2D eigenvalue weighted by Gasteiger charge is 2.31. The van der Waals surface area contributed by atoms with E-state index in [1.54, 1.807) is 7.11 Å². The molecular weight excluding hydrogens is 192 g/mol. The Hall–Kier alpha value is -0.770.